The topological polar surface area (TPSA) is 69.6 Å². The first-order chi connectivity index (χ1) is 15.2. The molecule has 168 valence electrons. The zero-order valence-corrected chi connectivity index (χ0v) is 20.1. The van der Waals surface area contributed by atoms with E-state index in [1.54, 1.807) is 48.6 Å². The lowest BCUT2D eigenvalue weighted by atomic mass is 9.92. The molecular formula is C23H20Cl4N2O3. The Balaban J connectivity index is 1.99. The molecule has 0 unspecified atom stereocenters. The lowest BCUT2D eigenvalue weighted by molar-refractivity contribution is -0.135. The summed E-state index contributed by atoms with van der Waals surface area (Å²) >= 11 is 24.2. The van der Waals surface area contributed by atoms with Gasteiger partial charge >= 0.3 is 0 Å². The molecule has 0 radical (unpaired) electrons. The Morgan fingerprint density at radius 2 is 1.41 bits per heavy atom. The summed E-state index contributed by atoms with van der Waals surface area (Å²) in [5, 5.41) is 15.1. The van der Waals surface area contributed by atoms with E-state index in [1.165, 1.54) is 11.9 Å². The molecule has 1 aliphatic heterocycles. The fourth-order valence-corrected chi connectivity index (χ4v) is 3.92. The van der Waals surface area contributed by atoms with E-state index in [4.69, 9.17) is 46.4 Å². The SMILES string of the molecule is CNC(=O)CC(=O)N1C/C(=C\c2ccc(Cl)c(Cl)c2)C(O)/C(=C/c2ccc(Cl)c(Cl)c2)C1. The van der Waals surface area contributed by atoms with Gasteiger partial charge < -0.3 is 15.3 Å². The van der Waals surface area contributed by atoms with Crippen molar-refractivity contribution < 1.29 is 14.7 Å². The first-order valence-corrected chi connectivity index (χ1v) is 11.2. The van der Waals surface area contributed by atoms with E-state index in [2.05, 4.69) is 5.32 Å². The number of likely N-dealkylation sites (tertiary alicyclic amines) is 1. The summed E-state index contributed by atoms with van der Waals surface area (Å²) in [5.74, 6) is -0.734. The Labute approximate surface area is 206 Å². The molecule has 1 aliphatic rings. The van der Waals surface area contributed by atoms with Gasteiger partial charge in [-0.3, -0.25) is 9.59 Å². The Bertz CT molecular complexity index is 1040. The molecule has 2 aromatic carbocycles. The molecule has 0 aromatic heterocycles. The molecule has 1 saturated heterocycles. The number of benzene rings is 2. The Morgan fingerprint density at radius 1 is 0.938 bits per heavy atom. The predicted molar refractivity (Wildman–Crippen MR) is 130 cm³/mol. The van der Waals surface area contributed by atoms with E-state index in [-0.39, 0.29) is 31.3 Å². The Hall–Kier alpha value is -2.02. The first-order valence-electron chi connectivity index (χ1n) is 9.65. The van der Waals surface area contributed by atoms with Gasteiger partial charge in [0.05, 0.1) is 20.1 Å². The third-order valence-corrected chi connectivity index (χ3v) is 6.46. The van der Waals surface area contributed by atoms with Crippen molar-refractivity contribution in [1.29, 1.82) is 0 Å². The highest BCUT2D eigenvalue weighted by Crippen LogP contribution is 2.30. The van der Waals surface area contributed by atoms with Gasteiger partial charge in [0.2, 0.25) is 11.8 Å². The molecule has 2 amide bonds. The van der Waals surface area contributed by atoms with Crippen LogP contribution in [0.1, 0.15) is 17.5 Å². The number of hydrogen-bond donors (Lipinski definition) is 2. The second-order valence-electron chi connectivity index (χ2n) is 7.29. The lowest BCUT2D eigenvalue weighted by Crippen LogP contribution is -2.44. The predicted octanol–water partition coefficient (Wildman–Crippen LogP) is 5.11. The number of aliphatic hydroxyl groups excluding tert-OH is 1. The van der Waals surface area contributed by atoms with Gasteiger partial charge in [-0.2, -0.15) is 0 Å². The molecule has 0 bridgehead atoms. The van der Waals surface area contributed by atoms with Crippen molar-refractivity contribution in [3.63, 3.8) is 0 Å². The second kappa shape index (κ2) is 10.7. The average molecular weight is 514 g/mol. The number of carbonyl (C=O) groups is 2. The summed E-state index contributed by atoms with van der Waals surface area (Å²) in [6.07, 6.45) is 2.29. The van der Waals surface area contributed by atoms with E-state index >= 15 is 0 Å². The van der Waals surface area contributed by atoms with Crippen LogP contribution in [0, 0.1) is 0 Å². The second-order valence-corrected chi connectivity index (χ2v) is 8.92. The van der Waals surface area contributed by atoms with E-state index in [1.807, 2.05) is 0 Å². The van der Waals surface area contributed by atoms with Gasteiger partial charge in [-0.05, 0) is 46.5 Å². The molecule has 32 heavy (non-hydrogen) atoms. The largest absolute Gasteiger partial charge is 0.384 e. The standard InChI is InChI=1S/C23H20Cl4N2O3/c1-28-21(30)10-22(31)29-11-15(6-13-2-4-17(24)19(26)8-13)23(32)16(12-29)7-14-3-5-18(25)20(27)9-14/h2-9,23,32H,10-12H2,1H3,(H,28,30)/b15-6+,16-7+. The van der Waals surface area contributed by atoms with Crippen molar-refractivity contribution in [1.82, 2.24) is 10.2 Å². The molecule has 2 aromatic rings. The van der Waals surface area contributed by atoms with Gasteiger partial charge in [0.25, 0.3) is 0 Å². The van der Waals surface area contributed by atoms with Crippen LogP contribution in [0.5, 0.6) is 0 Å². The van der Waals surface area contributed by atoms with E-state index < -0.39 is 6.10 Å². The monoisotopic (exact) mass is 512 g/mol. The molecule has 3 rings (SSSR count). The maximum absolute atomic E-state index is 12.7. The number of hydrogen-bond acceptors (Lipinski definition) is 3. The van der Waals surface area contributed by atoms with Crippen molar-refractivity contribution in [2.75, 3.05) is 20.1 Å². The maximum atomic E-state index is 12.7. The van der Waals surface area contributed by atoms with Crippen molar-refractivity contribution in [2.24, 2.45) is 0 Å². The van der Waals surface area contributed by atoms with Crippen LogP contribution >= 0.6 is 46.4 Å². The average Bonchev–Trinajstić information content (AvgIpc) is 2.75. The summed E-state index contributed by atoms with van der Waals surface area (Å²) in [6.45, 7) is 0.325. The summed E-state index contributed by atoms with van der Waals surface area (Å²) in [7, 11) is 1.47. The van der Waals surface area contributed by atoms with Crippen LogP contribution in [-0.2, 0) is 9.59 Å². The summed E-state index contributed by atoms with van der Waals surface area (Å²) in [5.41, 5.74) is 2.60. The summed E-state index contributed by atoms with van der Waals surface area (Å²) < 4.78 is 0. The molecule has 2 N–H and O–H groups in total. The minimum absolute atomic E-state index is 0.163. The quantitative estimate of drug-likeness (QED) is 0.558. The lowest BCUT2D eigenvalue weighted by Gasteiger charge is -2.34. The number of nitrogens with zero attached hydrogens (tertiary/aromatic N) is 1. The normalized spacial score (nSPS) is 18.8. The third kappa shape index (κ3) is 6.06. The highest BCUT2D eigenvalue weighted by Gasteiger charge is 2.30. The first kappa shape index (κ1) is 24.6. The van der Waals surface area contributed by atoms with Crippen LogP contribution in [0.15, 0.2) is 47.5 Å². The number of carbonyl (C=O) groups excluding carboxylic acids is 2. The van der Waals surface area contributed by atoms with Crippen LogP contribution in [-0.4, -0.2) is 48.1 Å². The molecular weight excluding hydrogens is 494 g/mol. The zero-order valence-electron chi connectivity index (χ0n) is 17.0. The van der Waals surface area contributed by atoms with Crippen molar-refractivity contribution in [2.45, 2.75) is 12.5 Å². The summed E-state index contributed by atoms with van der Waals surface area (Å²) in [6, 6.07) is 10.2. The molecule has 9 heteroatoms. The van der Waals surface area contributed by atoms with Gasteiger partial charge in [0, 0.05) is 20.1 Å². The molecule has 5 nitrogen and oxygen atoms in total. The number of nitrogens with one attached hydrogen (secondary N) is 1. The molecule has 1 fully saturated rings. The molecule has 0 saturated carbocycles. The fraction of sp³-hybridized carbons (Fsp3) is 0.217. The Kier molecular flexibility index (Phi) is 8.26. The van der Waals surface area contributed by atoms with Crippen LogP contribution in [0.25, 0.3) is 12.2 Å². The van der Waals surface area contributed by atoms with Crippen LogP contribution in [0.2, 0.25) is 20.1 Å². The number of rotatable bonds is 4. The van der Waals surface area contributed by atoms with E-state index in [9.17, 15) is 14.7 Å². The molecule has 1 heterocycles. The van der Waals surface area contributed by atoms with Crippen molar-refractivity contribution >= 4 is 70.4 Å². The van der Waals surface area contributed by atoms with Gasteiger partial charge in [0.15, 0.2) is 0 Å². The van der Waals surface area contributed by atoms with Crippen LogP contribution in [0.3, 0.4) is 0 Å². The van der Waals surface area contributed by atoms with Gasteiger partial charge in [0.1, 0.15) is 12.5 Å². The number of aliphatic hydroxyl groups is 1. The minimum atomic E-state index is -0.942. The number of amides is 2. The van der Waals surface area contributed by atoms with Gasteiger partial charge in [-0.15, -0.1) is 0 Å². The zero-order chi connectivity index (χ0) is 23.4. The number of halogens is 4. The highest BCUT2D eigenvalue weighted by atomic mass is 35.5. The molecule has 0 spiro atoms. The third-order valence-electron chi connectivity index (χ3n) is 4.98. The summed E-state index contributed by atoms with van der Waals surface area (Å²) in [4.78, 5) is 26.0. The van der Waals surface area contributed by atoms with E-state index in [0.717, 1.165) is 11.1 Å². The van der Waals surface area contributed by atoms with Gasteiger partial charge in [-0.1, -0.05) is 70.7 Å². The molecule has 0 aliphatic carbocycles. The minimum Gasteiger partial charge on any atom is -0.384 e. The maximum Gasteiger partial charge on any atom is 0.232 e. The Morgan fingerprint density at radius 3 is 1.81 bits per heavy atom. The van der Waals surface area contributed by atoms with Crippen molar-refractivity contribution in [3.05, 3.63) is 78.8 Å². The molecule has 0 atom stereocenters. The fourth-order valence-electron chi connectivity index (χ4n) is 3.30. The van der Waals surface area contributed by atoms with Gasteiger partial charge in [-0.25, -0.2) is 0 Å². The van der Waals surface area contributed by atoms with Crippen LogP contribution in [0.4, 0.5) is 0 Å². The number of piperidine rings is 1. The smallest absolute Gasteiger partial charge is 0.232 e. The highest BCUT2D eigenvalue weighted by molar-refractivity contribution is 6.42. The van der Waals surface area contributed by atoms with E-state index in [0.29, 0.717) is 31.2 Å². The van der Waals surface area contributed by atoms with Crippen molar-refractivity contribution in [3.8, 4) is 0 Å². The van der Waals surface area contributed by atoms with Crippen LogP contribution < -0.4 is 5.32 Å².